The molecule has 1 aliphatic rings. The van der Waals surface area contributed by atoms with Crippen LogP contribution in [0.3, 0.4) is 0 Å². The molecule has 0 heterocycles. The second-order valence-corrected chi connectivity index (χ2v) is 7.28. The zero-order chi connectivity index (χ0) is 18.5. The van der Waals surface area contributed by atoms with E-state index >= 15 is 0 Å². The van der Waals surface area contributed by atoms with Gasteiger partial charge in [-0.15, -0.1) is 0 Å². The predicted molar refractivity (Wildman–Crippen MR) is 106 cm³/mol. The number of ether oxygens (including phenoxy) is 1. The van der Waals surface area contributed by atoms with Crippen LogP contribution in [-0.2, 0) is 17.6 Å². The smallest absolute Gasteiger partial charge is 0.261 e. The first-order valence-corrected chi connectivity index (χ1v) is 9.72. The Balaban J connectivity index is 1.65. The standard InChI is InChI=1S/C23H29NO2/c1-4-22(20-12-11-18-7-5-6-8-19(18)15-20)24-23(25)17(3)26-21-13-9-16(2)10-14-21/h9-15,17,22H,4-8H2,1-3H3,(H,24,25)/t17-,22-/m1/s1. The lowest BCUT2D eigenvalue weighted by Crippen LogP contribution is -2.38. The van der Waals surface area contributed by atoms with E-state index in [1.54, 1.807) is 6.92 Å². The summed E-state index contributed by atoms with van der Waals surface area (Å²) in [5.74, 6) is 0.648. The monoisotopic (exact) mass is 351 g/mol. The number of benzene rings is 2. The van der Waals surface area contributed by atoms with E-state index in [1.165, 1.54) is 41.5 Å². The van der Waals surface area contributed by atoms with Gasteiger partial charge in [-0.25, -0.2) is 0 Å². The van der Waals surface area contributed by atoms with Crippen LogP contribution >= 0.6 is 0 Å². The molecule has 0 fully saturated rings. The van der Waals surface area contributed by atoms with Crippen LogP contribution in [-0.4, -0.2) is 12.0 Å². The molecule has 0 aromatic heterocycles. The van der Waals surface area contributed by atoms with Gasteiger partial charge in [0.1, 0.15) is 5.75 Å². The fourth-order valence-electron chi connectivity index (χ4n) is 3.55. The quantitative estimate of drug-likeness (QED) is 0.803. The molecule has 0 saturated heterocycles. The van der Waals surface area contributed by atoms with E-state index in [-0.39, 0.29) is 11.9 Å². The minimum Gasteiger partial charge on any atom is -0.481 e. The highest BCUT2D eigenvalue weighted by atomic mass is 16.5. The third-order valence-electron chi connectivity index (χ3n) is 5.20. The van der Waals surface area contributed by atoms with Crippen LogP contribution in [0.5, 0.6) is 5.75 Å². The zero-order valence-electron chi connectivity index (χ0n) is 16.0. The van der Waals surface area contributed by atoms with Gasteiger partial charge in [0.15, 0.2) is 6.10 Å². The normalized spacial score (nSPS) is 15.7. The van der Waals surface area contributed by atoms with Crippen LogP contribution in [0.4, 0.5) is 0 Å². The lowest BCUT2D eigenvalue weighted by atomic mass is 9.89. The molecule has 1 amide bonds. The second-order valence-electron chi connectivity index (χ2n) is 7.28. The minimum atomic E-state index is -0.524. The third kappa shape index (κ3) is 4.46. The van der Waals surface area contributed by atoms with E-state index in [0.29, 0.717) is 0 Å². The number of carbonyl (C=O) groups is 1. The van der Waals surface area contributed by atoms with Crippen molar-refractivity contribution >= 4 is 5.91 Å². The molecule has 2 aromatic rings. The lowest BCUT2D eigenvalue weighted by Gasteiger charge is -2.23. The average Bonchev–Trinajstić information content (AvgIpc) is 2.67. The largest absolute Gasteiger partial charge is 0.481 e. The molecule has 1 aliphatic carbocycles. The van der Waals surface area contributed by atoms with E-state index in [1.807, 2.05) is 31.2 Å². The van der Waals surface area contributed by atoms with Crippen LogP contribution < -0.4 is 10.1 Å². The Hall–Kier alpha value is -2.29. The van der Waals surface area contributed by atoms with Crippen molar-refractivity contribution in [2.24, 2.45) is 0 Å². The minimum absolute atomic E-state index is 0.0267. The Morgan fingerprint density at radius 3 is 2.46 bits per heavy atom. The zero-order valence-corrected chi connectivity index (χ0v) is 16.0. The topological polar surface area (TPSA) is 38.3 Å². The summed E-state index contributed by atoms with van der Waals surface area (Å²) < 4.78 is 5.79. The maximum absolute atomic E-state index is 12.6. The average molecular weight is 351 g/mol. The predicted octanol–water partition coefficient (Wildman–Crippen LogP) is 4.91. The summed E-state index contributed by atoms with van der Waals surface area (Å²) in [6.07, 6.45) is 5.22. The number of rotatable bonds is 6. The van der Waals surface area contributed by atoms with E-state index in [0.717, 1.165) is 18.6 Å². The van der Waals surface area contributed by atoms with Gasteiger partial charge in [-0.05, 0) is 74.8 Å². The Labute approximate surface area is 156 Å². The maximum Gasteiger partial charge on any atom is 0.261 e. The summed E-state index contributed by atoms with van der Waals surface area (Å²) in [4.78, 5) is 12.6. The molecular formula is C23H29NO2. The van der Waals surface area contributed by atoms with E-state index < -0.39 is 6.10 Å². The number of hydrogen-bond acceptors (Lipinski definition) is 2. The molecule has 0 aliphatic heterocycles. The third-order valence-corrected chi connectivity index (χ3v) is 5.20. The van der Waals surface area contributed by atoms with Crippen LogP contribution in [0.1, 0.15) is 61.4 Å². The molecule has 0 unspecified atom stereocenters. The van der Waals surface area contributed by atoms with Crippen LogP contribution in [0, 0.1) is 6.92 Å². The summed E-state index contributed by atoms with van der Waals surface area (Å²) in [5, 5.41) is 3.16. The first-order valence-electron chi connectivity index (χ1n) is 9.72. The van der Waals surface area contributed by atoms with Crippen LogP contribution in [0.25, 0.3) is 0 Å². The van der Waals surface area contributed by atoms with Crippen molar-refractivity contribution < 1.29 is 9.53 Å². The van der Waals surface area contributed by atoms with Crippen molar-refractivity contribution in [1.82, 2.24) is 5.32 Å². The maximum atomic E-state index is 12.6. The van der Waals surface area contributed by atoms with E-state index in [2.05, 4.69) is 30.4 Å². The molecule has 3 rings (SSSR count). The summed E-state index contributed by atoms with van der Waals surface area (Å²) in [5.41, 5.74) is 5.29. The molecular weight excluding hydrogens is 322 g/mol. The van der Waals surface area contributed by atoms with Crippen molar-refractivity contribution in [2.75, 3.05) is 0 Å². The number of nitrogens with one attached hydrogen (secondary N) is 1. The number of hydrogen-bond donors (Lipinski definition) is 1. The Bertz CT molecular complexity index is 751. The molecule has 2 aromatic carbocycles. The fraction of sp³-hybridized carbons (Fsp3) is 0.435. The molecule has 3 heteroatoms. The van der Waals surface area contributed by atoms with Crippen LogP contribution in [0.2, 0.25) is 0 Å². The van der Waals surface area contributed by atoms with Gasteiger partial charge in [0, 0.05) is 0 Å². The fourth-order valence-corrected chi connectivity index (χ4v) is 3.55. The SMILES string of the molecule is CC[C@@H](NC(=O)[C@@H](C)Oc1ccc(C)cc1)c1ccc2c(c1)CCCC2. The summed E-state index contributed by atoms with van der Waals surface area (Å²) >= 11 is 0. The molecule has 2 atom stereocenters. The van der Waals surface area contributed by atoms with Crippen molar-refractivity contribution in [3.63, 3.8) is 0 Å². The number of carbonyl (C=O) groups excluding carboxylic acids is 1. The van der Waals surface area contributed by atoms with Gasteiger partial charge in [0.05, 0.1) is 6.04 Å². The van der Waals surface area contributed by atoms with E-state index in [4.69, 9.17) is 4.74 Å². The van der Waals surface area contributed by atoms with Crippen LogP contribution in [0.15, 0.2) is 42.5 Å². The second kappa shape index (κ2) is 8.39. The Morgan fingerprint density at radius 1 is 1.08 bits per heavy atom. The van der Waals surface area contributed by atoms with Gasteiger partial charge < -0.3 is 10.1 Å². The van der Waals surface area contributed by atoms with Crippen molar-refractivity contribution in [2.45, 2.75) is 65.0 Å². The van der Waals surface area contributed by atoms with E-state index in [9.17, 15) is 4.79 Å². The Morgan fingerprint density at radius 2 is 1.77 bits per heavy atom. The van der Waals surface area contributed by atoms with Gasteiger partial charge in [-0.2, -0.15) is 0 Å². The van der Waals surface area contributed by atoms with Gasteiger partial charge in [-0.1, -0.05) is 42.8 Å². The molecule has 0 radical (unpaired) electrons. The van der Waals surface area contributed by atoms with Crippen molar-refractivity contribution in [3.05, 3.63) is 64.7 Å². The Kier molecular flexibility index (Phi) is 5.97. The lowest BCUT2D eigenvalue weighted by molar-refractivity contribution is -0.128. The van der Waals surface area contributed by atoms with Crippen molar-refractivity contribution in [1.29, 1.82) is 0 Å². The van der Waals surface area contributed by atoms with Gasteiger partial charge in [0.2, 0.25) is 0 Å². The highest BCUT2D eigenvalue weighted by molar-refractivity contribution is 5.81. The molecule has 0 spiro atoms. The van der Waals surface area contributed by atoms with Gasteiger partial charge >= 0.3 is 0 Å². The van der Waals surface area contributed by atoms with Gasteiger partial charge in [0.25, 0.3) is 5.91 Å². The molecule has 0 saturated carbocycles. The molecule has 1 N–H and O–H groups in total. The molecule has 0 bridgehead atoms. The molecule has 3 nitrogen and oxygen atoms in total. The highest BCUT2D eigenvalue weighted by Gasteiger charge is 2.20. The summed E-state index contributed by atoms with van der Waals surface area (Å²) in [7, 11) is 0. The van der Waals surface area contributed by atoms with Gasteiger partial charge in [-0.3, -0.25) is 4.79 Å². The molecule has 138 valence electrons. The summed E-state index contributed by atoms with van der Waals surface area (Å²) in [6, 6.07) is 14.5. The number of amides is 1. The first kappa shape index (κ1) is 18.5. The van der Waals surface area contributed by atoms with Crippen molar-refractivity contribution in [3.8, 4) is 5.75 Å². The highest BCUT2D eigenvalue weighted by Crippen LogP contribution is 2.26. The molecule has 26 heavy (non-hydrogen) atoms. The summed E-state index contributed by atoms with van der Waals surface area (Å²) in [6.45, 7) is 5.94. The number of fused-ring (bicyclic) bond motifs is 1. The number of aryl methyl sites for hydroxylation is 3. The first-order chi connectivity index (χ1) is 12.6.